The van der Waals surface area contributed by atoms with Crippen molar-refractivity contribution < 1.29 is 4.74 Å². The Hall–Kier alpha value is 0.270. The van der Waals surface area contributed by atoms with Gasteiger partial charge in [0.2, 0.25) is 0 Å². The van der Waals surface area contributed by atoms with E-state index in [0.29, 0.717) is 6.04 Å². The molecule has 0 bridgehead atoms. The minimum atomic E-state index is 0.476. The Balaban J connectivity index is 3.13. The molecule has 86 valence electrons. The van der Waals surface area contributed by atoms with Gasteiger partial charge in [-0.3, -0.25) is 0 Å². The van der Waals surface area contributed by atoms with Crippen molar-refractivity contribution in [3.05, 3.63) is 0 Å². The van der Waals surface area contributed by atoms with E-state index >= 15 is 0 Å². The fourth-order valence-electron chi connectivity index (χ4n) is 1.09. The van der Waals surface area contributed by atoms with Crippen LogP contribution in [-0.2, 0) is 4.74 Å². The number of rotatable bonds is 9. The maximum atomic E-state index is 5.05. The van der Waals surface area contributed by atoms with Crippen LogP contribution < -0.4 is 5.32 Å². The van der Waals surface area contributed by atoms with Crippen LogP contribution in [0.15, 0.2) is 0 Å². The topological polar surface area (TPSA) is 21.3 Å². The molecule has 0 amide bonds. The molecule has 0 saturated carbocycles. The molecule has 0 aliphatic heterocycles. The van der Waals surface area contributed by atoms with E-state index in [0.717, 1.165) is 19.1 Å². The lowest BCUT2D eigenvalue weighted by Crippen LogP contribution is -2.31. The zero-order chi connectivity index (χ0) is 10.8. The fraction of sp³-hybridized carbons (Fsp3) is 1.00. The van der Waals surface area contributed by atoms with E-state index < -0.39 is 0 Å². The number of ether oxygens (including phenoxy) is 1. The molecular formula is C11H25NOS. The molecule has 0 spiro atoms. The molecule has 0 aromatic rings. The Labute approximate surface area is 93.2 Å². The Morgan fingerprint density at radius 3 is 2.64 bits per heavy atom. The lowest BCUT2D eigenvalue weighted by Gasteiger charge is -2.13. The Bertz CT molecular complexity index is 122. The third kappa shape index (κ3) is 8.85. The van der Waals surface area contributed by atoms with E-state index in [1.807, 2.05) is 11.8 Å². The van der Waals surface area contributed by atoms with Crippen molar-refractivity contribution >= 4 is 11.8 Å². The van der Waals surface area contributed by atoms with Crippen LogP contribution in [0.1, 0.15) is 27.2 Å². The van der Waals surface area contributed by atoms with Crippen LogP contribution in [0.3, 0.4) is 0 Å². The predicted molar refractivity (Wildman–Crippen MR) is 66.1 cm³/mol. The average Bonchev–Trinajstić information content (AvgIpc) is 2.17. The lowest BCUT2D eigenvalue weighted by molar-refractivity contribution is 0.173. The summed E-state index contributed by atoms with van der Waals surface area (Å²) >= 11 is 2.04. The van der Waals surface area contributed by atoms with Crippen molar-refractivity contribution in [2.75, 3.05) is 31.8 Å². The van der Waals surface area contributed by atoms with Gasteiger partial charge in [0, 0.05) is 25.4 Å². The third-order valence-corrected chi connectivity index (χ3v) is 3.55. The molecule has 2 unspecified atom stereocenters. The summed E-state index contributed by atoms with van der Waals surface area (Å²) in [5, 5.41) is 3.43. The van der Waals surface area contributed by atoms with Gasteiger partial charge in [0.1, 0.15) is 0 Å². The number of hydrogen-bond acceptors (Lipinski definition) is 3. The standard InChI is InChI=1S/C11H25NOS/c1-5-10(2)9-14-7-6-12-11(3)8-13-4/h10-12H,5-9H2,1-4H3. The second-order valence-electron chi connectivity index (χ2n) is 3.90. The van der Waals surface area contributed by atoms with Crippen molar-refractivity contribution in [3.63, 3.8) is 0 Å². The molecular weight excluding hydrogens is 194 g/mol. The molecule has 14 heavy (non-hydrogen) atoms. The normalized spacial score (nSPS) is 15.4. The van der Waals surface area contributed by atoms with E-state index in [9.17, 15) is 0 Å². The van der Waals surface area contributed by atoms with E-state index in [2.05, 4.69) is 26.1 Å². The van der Waals surface area contributed by atoms with Gasteiger partial charge in [-0.25, -0.2) is 0 Å². The molecule has 3 heteroatoms. The van der Waals surface area contributed by atoms with Crippen LogP contribution >= 0.6 is 11.8 Å². The molecule has 0 fully saturated rings. The molecule has 0 rings (SSSR count). The molecule has 0 aromatic heterocycles. The lowest BCUT2D eigenvalue weighted by atomic mass is 10.2. The summed E-state index contributed by atoms with van der Waals surface area (Å²) in [6, 6.07) is 0.476. The first-order valence-corrected chi connectivity index (χ1v) is 6.66. The van der Waals surface area contributed by atoms with Crippen molar-refractivity contribution in [2.45, 2.75) is 33.2 Å². The van der Waals surface area contributed by atoms with Crippen LogP contribution in [0.4, 0.5) is 0 Å². The smallest absolute Gasteiger partial charge is 0.0613 e. The van der Waals surface area contributed by atoms with Crippen molar-refractivity contribution in [1.29, 1.82) is 0 Å². The SMILES string of the molecule is CCC(C)CSCCNC(C)COC. The highest BCUT2D eigenvalue weighted by molar-refractivity contribution is 7.99. The van der Waals surface area contributed by atoms with Crippen LogP contribution in [0.5, 0.6) is 0 Å². The summed E-state index contributed by atoms with van der Waals surface area (Å²) in [6.07, 6.45) is 1.29. The zero-order valence-electron chi connectivity index (χ0n) is 10.0. The highest BCUT2D eigenvalue weighted by Crippen LogP contribution is 2.10. The van der Waals surface area contributed by atoms with E-state index in [-0.39, 0.29) is 0 Å². The number of methoxy groups -OCH3 is 1. The first kappa shape index (κ1) is 14.3. The highest BCUT2D eigenvalue weighted by atomic mass is 32.2. The van der Waals surface area contributed by atoms with Gasteiger partial charge in [-0.1, -0.05) is 20.3 Å². The van der Waals surface area contributed by atoms with Gasteiger partial charge >= 0.3 is 0 Å². The molecule has 2 nitrogen and oxygen atoms in total. The zero-order valence-corrected chi connectivity index (χ0v) is 10.8. The third-order valence-electron chi connectivity index (χ3n) is 2.26. The van der Waals surface area contributed by atoms with Gasteiger partial charge in [-0.05, 0) is 18.6 Å². The minimum absolute atomic E-state index is 0.476. The van der Waals surface area contributed by atoms with E-state index in [4.69, 9.17) is 4.74 Å². The molecule has 0 saturated heterocycles. The maximum Gasteiger partial charge on any atom is 0.0613 e. The largest absolute Gasteiger partial charge is 0.383 e. The molecule has 0 aliphatic carbocycles. The summed E-state index contributed by atoms with van der Waals surface area (Å²) in [7, 11) is 1.75. The molecule has 0 aliphatic rings. The quantitative estimate of drug-likeness (QED) is 0.602. The molecule has 0 heterocycles. The molecule has 0 aromatic carbocycles. The van der Waals surface area contributed by atoms with Crippen LogP contribution in [-0.4, -0.2) is 37.8 Å². The summed E-state index contributed by atoms with van der Waals surface area (Å²) in [4.78, 5) is 0. The summed E-state index contributed by atoms with van der Waals surface area (Å²) in [6.45, 7) is 8.61. The van der Waals surface area contributed by atoms with Gasteiger partial charge in [-0.15, -0.1) is 0 Å². The number of thioether (sulfide) groups is 1. The first-order valence-electron chi connectivity index (χ1n) is 5.50. The van der Waals surface area contributed by atoms with Gasteiger partial charge in [0.05, 0.1) is 6.61 Å². The van der Waals surface area contributed by atoms with Crippen molar-refractivity contribution in [1.82, 2.24) is 5.32 Å². The first-order chi connectivity index (χ1) is 6.70. The Kier molecular flexibility index (Phi) is 10.0. The van der Waals surface area contributed by atoms with E-state index in [1.165, 1.54) is 17.9 Å². The second-order valence-corrected chi connectivity index (χ2v) is 5.05. The van der Waals surface area contributed by atoms with Gasteiger partial charge in [0.15, 0.2) is 0 Å². The molecule has 0 radical (unpaired) electrons. The summed E-state index contributed by atoms with van der Waals surface area (Å²) in [5.41, 5.74) is 0. The maximum absolute atomic E-state index is 5.05. The van der Waals surface area contributed by atoms with Crippen molar-refractivity contribution in [3.8, 4) is 0 Å². The monoisotopic (exact) mass is 219 g/mol. The van der Waals surface area contributed by atoms with Crippen molar-refractivity contribution in [2.24, 2.45) is 5.92 Å². The van der Waals surface area contributed by atoms with Gasteiger partial charge < -0.3 is 10.1 Å². The fourth-order valence-corrected chi connectivity index (χ4v) is 2.16. The predicted octanol–water partition coefficient (Wildman–Crippen LogP) is 2.39. The minimum Gasteiger partial charge on any atom is -0.383 e. The van der Waals surface area contributed by atoms with Gasteiger partial charge in [0.25, 0.3) is 0 Å². The second kappa shape index (κ2) is 9.81. The van der Waals surface area contributed by atoms with Crippen LogP contribution in [0.25, 0.3) is 0 Å². The molecule has 1 N–H and O–H groups in total. The summed E-state index contributed by atoms with van der Waals surface area (Å²) < 4.78 is 5.05. The van der Waals surface area contributed by atoms with Crippen LogP contribution in [0.2, 0.25) is 0 Å². The highest BCUT2D eigenvalue weighted by Gasteiger charge is 2.00. The number of nitrogens with one attached hydrogen (secondary N) is 1. The van der Waals surface area contributed by atoms with Crippen LogP contribution in [0, 0.1) is 5.92 Å². The molecule has 2 atom stereocenters. The average molecular weight is 219 g/mol. The number of hydrogen-bond donors (Lipinski definition) is 1. The Morgan fingerprint density at radius 2 is 2.07 bits per heavy atom. The summed E-state index contributed by atoms with van der Waals surface area (Å²) in [5.74, 6) is 3.35. The van der Waals surface area contributed by atoms with Gasteiger partial charge in [-0.2, -0.15) is 11.8 Å². The van der Waals surface area contributed by atoms with E-state index in [1.54, 1.807) is 7.11 Å². The Morgan fingerprint density at radius 1 is 1.36 bits per heavy atom.